The summed E-state index contributed by atoms with van der Waals surface area (Å²) in [6, 6.07) is 12.8. The summed E-state index contributed by atoms with van der Waals surface area (Å²) >= 11 is 0. The van der Waals surface area contributed by atoms with Crippen molar-refractivity contribution in [2.24, 2.45) is 0 Å². The van der Waals surface area contributed by atoms with Gasteiger partial charge < -0.3 is 10.1 Å². The predicted molar refractivity (Wildman–Crippen MR) is 105 cm³/mol. The Morgan fingerprint density at radius 3 is 2.29 bits per heavy atom. The molecule has 0 saturated heterocycles. The molecule has 0 heterocycles. The van der Waals surface area contributed by atoms with Gasteiger partial charge in [0.2, 0.25) is 10.0 Å². The maximum atomic E-state index is 12.1. The summed E-state index contributed by atoms with van der Waals surface area (Å²) in [4.78, 5) is 24.0. The fourth-order valence-electron chi connectivity index (χ4n) is 2.40. The van der Waals surface area contributed by atoms with E-state index in [1.807, 2.05) is 31.2 Å². The van der Waals surface area contributed by atoms with Gasteiger partial charge in [0.15, 0.2) is 0 Å². The predicted octanol–water partition coefficient (Wildman–Crippen LogP) is 2.15. The van der Waals surface area contributed by atoms with Crippen molar-refractivity contribution in [1.29, 1.82) is 0 Å². The number of benzene rings is 2. The highest BCUT2D eigenvalue weighted by Crippen LogP contribution is 2.11. The van der Waals surface area contributed by atoms with Crippen LogP contribution in [0.1, 0.15) is 35.3 Å². The number of carbonyl (C=O) groups is 2. The molecule has 0 saturated carbocycles. The van der Waals surface area contributed by atoms with E-state index in [9.17, 15) is 18.0 Å². The van der Waals surface area contributed by atoms with Gasteiger partial charge in [-0.25, -0.2) is 13.1 Å². The van der Waals surface area contributed by atoms with Gasteiger partial charge in [0, 0.05) is 11.6 Å². The number of rotatable bonds is 8. The molecule has 0 unspecified atom stereocenters. The molecule has 0 spiro atoms. The summed E-state index contributed by atoms with van der Waals surface area (Å²) in [5.41, 5.74) is 2.16. The lowest BCUT2D eigenvalue weighted by Gasteiger charge is -2.10. The fraction of sp³-hybridized carbons (Fsp3) is 0.300. The van der Waals surface area contributed by atoms with Crippen LogP contribution in [0.5, 0.6) is 0 Å². The summed E-state index contributed by atoms with van der Waals surface area (Å²) in [5.74, 6) is -1.05. The van der Waals surface area contributed by atoms with E-state index in [1.54, 1.807) is 13.8 Å². The van der Waals surface area contributed by atoms with Gasteiger partial charge >= 0.3 is 5.97 Å². The van der Waals surface area contributed by atoms with Crippen LogP contribution in [0.3, 0.4) is 0 Å². The number of nitrogens with one attached hydrogen (secondary N) is 2. The van der Waals surface area contributed by atoms with E-state index >= 15 is 0 Å². The normalized spacial score (nSPS) is 11.3. The van der Waals surface area contributed by atoms with Gasteiger partial charge in [-0.1, -0.05) is 24.3 Å². The lowest BCUT2D eigenvalue weighted by molar-refractivity contribution is -0.143. The molecule has 2 aromatic rings. The highest BCUT2D eigenvalue weighted by Gasteiger charge is 2.16. The third-order valence-corrected chi connectivity index (χ3v) is 5.54. The van der Waals surface area contributed by atoms with E-state index < -0.39 is 21.9 Å². The monoisotopic (exact) mass is 404 g/mol. The molecule has 2 rings (SSSR count). The van der Waals surface area contributed by atoms with E-state index in [2.05, 4.69) is 10.0 Å². The molecule has 1 amide bonds. The minimum absolute atomic E-state index is 0.0652. The summed E-state index contributed by atoms with van der Waals surface area (Å²) in [6.45, 7) is 5.22. The van der Waals surface area contributed by atoms with Gasteiger partial charge in [0.05, 0.1) is 4.90 Å². The Hall–Kier alpha value is -2.71. The molecule has 0 aliphatic rings. The van der Waals surface area contributed by atoms with Crippen LogP contribution in [0.15, 0.2) is 53.4 Å². The Kier molecular flexibility index (Phi) is 7.31. The van der Waals surface area contributed by atoms with Crippen LogP contribution in [-0.4, -0.2) is 32.9 Å². The van der Waals surface area contributed by atoms with Crippen molar-refractivity contribution in [3.05, 3.63) is 65.2 Å². The first kappa shape index (κ1) is 21.6. The van der Waals surface area contributed by atoms with Crippen LogP contribution >= 0.6 is 0 Å². The van der Waals surface area contributed by atoms with Crippen LogP contribution in [0.4, 0.5) is 0 Å². The van der Waals surface area contributed by atoms with Gasteiger partial charge in [0.25, 0.3) is 5.91 Å². The van der Waals surface area contributed by atoms with E-state index in [-0.39, 0.29) is 29.7 Å². The molecule has 7 nitrogen and oxygen atoms in total. The first-order valence-corrected chi connectivity index (χ1v) is 10.3. The number of esters is 1. The Morgan fingerprint density at radius 2 is 1.68 bits per heavy atom. The summed E-state index contributed by atoms with van der Waals surface area (Å²) in [6.07, 6.45) is 0. The Morgan fingerprint density at radius 1 is 1.04 bits per heavy atom. The molecule has 150 valence electrons. The second-order valence-corrected chi connectivity index (χ2v) is 8.28. The average Bonchev–Trinajstić information content (AvgIpc) is 2.64. The molecule has 0 atom stereocenters. The van der Waals surface area contributed by atoms with Crippen LogP contribution < -0.4 is 10.0 Å². The third-order valence-electron chi connectivity index (χ3n) is 3.86. The zero-order chi connectivity index (χ0) is 20.7. The Balaban J connectivity index is 1.87. The fourth-order valence-corrected chi connectivity index (χ4v) is 3.65. The van der Waals surface area contributed by atoms with Gasteiger partial charge in [-0.3, -0.25) is 9.59 Å². The van der Waals surface area contributed by atoms with Gasteiger partial charge in [0.1, 0.15) is 13.2 Å². The maximum Gasteiger partial charge on any atom is 0.325 e. The molecule has 2 N–H and O–H groups in total. The molecule has 0 aliphatic heterocycles. The lowest BCUT2D eigenvalue weighted by Crippen LogP contribution is -2.31. The minimum atomic E-state index is -3.62. The van der Waals surface area contributed by atoms with Gasteiger partial charge in [-0.15, -0.1) is 0 Å². The van der Waals surface area contributed by atoms with Crippen LogP contribution in [0.25, 0.3) is 0 Å². The standard InChI is InChI=1S/C20H24N2O5S/c1-14(2)22-28(25,26)18-10-8-16(9-11-18)20(24)21-12-19(23)27-13-17-7-5-4-6-15(17)3/h4-11,14,22H,12-13H2,1-3H3,(H,21,24). The number of aryl methyl sites for hydroxylation is 1. The second-order valence-electron chi connectivity index (χ2n) is 6.57. The summed E-state index contributed by atoms with van der Waals surface area (Å²) in [5, 5.41) is 2.46. The summed E-state index contributed by atoms with van der Waals surface area (Å²) in [7, 11) is -3.62. The molecular weight excluding hydrogens is 380 g/mol. The molecular formula is C20H24N2O5S. The van der Waals surface area contributed by atoms with Crippen molar-refractivity contribution in [2.45, 2.75) is 38.3 Å². The molecule has 0 fully saturated rings. The topological polar surface area (TPSA) is 102 Å². The number of ether oxygens (including phenoxy) is 1. The number of sulfonamides is 1. The highest BCUT2D eigenvalue weighted by atomic mass is 32.2. The first-order chi connectivity index (χ1) is 13.2. The third kappa shape index (κ3) is 6.17. The number of hydrogen-bond acceptors (Lipinski definition) is 5. The van der Waals surface area contributed by atoms with Crippen molar-refractivity contribution in [3.63, 3.8) is 0 Å². The molecule has 2 aromatic carbocycles. The van der Waals surface area contributed by atoms with Crippen LogP contribution in [0.2, 0.25) is 0 Å². The maximum absolute atomic E-state index is 12.1. The van der Waals surface area contributed by atoms with Crippen molar-refractivity contribution >= 4 is 21.9 Å². The quantitative estimate of drug-likeness (QED) is 0.657. The van der Waals surface area contributed by atoms with Crippen molar-refractivity contribution < 1.29 is 22.7 Å². The molecule has 0 bridgehead atoms. The molecule has 8 heteroatoms. The van der Waals surface area contributed by atoms with Crippen molar-refractivity contribution in [3.8, 4) is 0 Å². The van der Waals surface area contributed by atoms with Gasteiger partial charge in [-0.05, 0) is 56.2 Å². The Labute approximate surface area is 165 Å². The molecule has 0 aromatic heterocycles. The number of hydrogen-bond donors (Lipinski definition) is 2. The SMILES string of the molecule is Cc1ccccc1COC(=O)CNC(=O)c1ccc(S(=O)(=O)NC(C)C)cc1. The number of carbonyl (C=O) groups excluding carboxylic acids is 2. The van der Waals surface area contributed by atoms with E-state index in [4.69, 9.17) is 4.74 Å². The van der Waals surface area contributed by atoms with Crippen LogP contribution in [-0.2, 0) is 26.2 Å². The minimum Gasteiger partial charge on any atom is -0.459 e. The molecule has 0 aliphatic carbocycles. The van der Waals surface area contributed by atoms with Crippen LogP contribution in [0, 0.1) is 6.92 Å². The highest BCUT2D eigenvalue weighted by molar-refractivity contribution is 7.89. The first-order valence-electron chi connectivity index (χ1n) is 8.80. The Bertz CT molecular complexity index is 937. The van der Waals surface area contributed by atoms with E-state index in [0.29, 0.717) is 0 Å². The lowest BCUT2D eigenvalue weighted by atomic mass is 10.1. The second kappa shape index (κ2) is 9.48. The average molecular weight is 404 g/mol. The van der Waals surface area contributed by atoms with E-state index in [1.165, 1.54) is 24.3 Å². The van der Waals surface area contributed by atoms with Crippen molar-refractivity contribution in [1.82, 2.24) is 10.0 Å². The largest absolute Gasteiger partial charge is 0.459 e. The zero-order valence-corrected chi connectivity index (χ0v) is 16.9. The van der Waals surface area contributed by atoms with E-state index in [0.717, 1.165) is 11.1 Å². The van der Waals surface area contributed by atoms with Gasteiger partial charge in [-0.2, -0.15) is 0 Å². The number of amides is 1. The smallest absolute Gasteiger partial charge is 0.325 e. The summed E-state index contributed by atoms with van der Waals surface area (Å²) < 4.78 is 31.8. The molecule has 0 radical (unpaired) electrons. The van der Waals surface area contributed by atoms with Crippen molar-refractivity contribution in [2.75, 3.05) is 6.54 Å². The molecule has 28 heavy (non-hydrogen) atoms. The zero-order valence-electron chi connectivity index (χ0n) is 16.1.